The molecule has 1 aromatic heterocycles. The molecule has 6 nitrogen and oxygen atoms in total. The Morgan fingerprint density at radius 1 is 1.15 bits per heavy atom. The van der Waals surface area contributed by atoms with Crippen LogP contribution < -0.4 is 11.1 Å². The van der Waals surface area contributed by atoms with E-state index in [-0.39, 0.29) is 11.9 Å². The van der Waals surface area contributed by atoms with Gasteiger partial charge in [-0.05, 0) is 36.8 Å². The van der Waals surface area contributed by atoms with Crippen molar-refractivity contribution in [2.24, 2.45) is 5.73 Å². The standard InChI is InChI=1S/C20H21N3O3/c1-13(18-11-16-5-3-4-6-17(16)26-18)23(2)19(24)15-9-7-14(8-10-15)12-22-20(21)25/h3-11,13H,12H2,1-2H3,(H3,21,22,25). The Morgan fingerprint density at radius 3 is 2.50 bits per heavy atom. The molecule has 0 aliphatic heterocycles. The molecule has 0 aliphatic carbocycles. The third-order valence-corrected chi connectivity index (χ3v) is 4.43. The number of furan rings is 1. The molecule has 1 unspecified atom stereocenters. The van der Waals surface area contributed by atoms with Crippen LogP contribution in [0, 0.1) is 0 Å². The number of hydrogen-bond donors (Lipinski definition) is 2. The largest absolute Gasteiger partial charge is 0.459 e. The van der Waals surface area contributed by atoms with Gasteiger partial charge in [0.25, 0.3) is 5.91 Å². The fourth-order valence-corrected chi connectivity index (χ4v) is 2.73. The van der Waals surface area contributed by atoms with Gasteiger partial charge < -0.3 is 20.4 Å². The topological polar surface area (TPSA) is 88.6 Å². The van der Waals surface area contributed by atoms with Crippen LogP contribution in [0.5, 0.6) is 0 Å². The Bertz CT molecular complexity index is 898. The van der Waals surface area contributed by atoms with Crippen LogP contribution in [0.2, 0.25) is 0 Å². The number of benzene rings is 2. The molecule has 1 heterocycles. The number of nitrogens with one attached hydrogen (secondary N) is 1. The first kappa shape index (κ1) is 17.5. The van der Waals surface area contributed by atoms with E-state index in [1.165, 1.54) is 0 Å². The fraction of sp³-hybridized carbons (Fsp3) is 0.200. The van der Waals surface area contributed by atoms with Gasteiger partial charge in [-0.15, -0.1) is 0 Å². The molecule has 0 aliphatic rings. The summed E-state index contributed by atoms with van der Waals surface area (Å²) in [7, 11) is 1.75. The van der Waals surface area contributed by atoms with Crippen molar-refractivity contribution in [3.8, 4) is 0 Å². The summed E-state index contributed by atoms with van der Waals surface area (Å²) >= 11 is 0. The number of hydrogen-bond acceptors (Lipinski definition) is 3. The minimum absolute atomic E-state index is 0.104. The maximum absolute atomic E-state index is 12.7. The molecule has 1 atom stereocenters. The van der Waals surface area contributed by atoms with Crippen LogP contribution >= 0.6 is 0 Å². The number of rotatable bonds is 5. The van der Waals surface area contributed by atoms with Gasteiger partial charge in [-0.1, -0.05) is 30.3 Å². The molecule has 0 fully saturated rings. The van der Waals surface area contributed by atoms with Gasteiger partial charge in [0.2, 0.25) is 0 Å². The Hall–Kier alpha value is -3.28. The molecular weight excluding hydrogens is 330 g/mol. The fourth-order valence-electron chi connectivity index (χ4n) is 2.73. The van der Waals surface area contributed by atoms with Crippen LogP contribution in [0.1, 0.15) is 34.6 Å². The molecule has 3 rings (SSSR count). The van der Waals surface area contributed by atoms with E-state index in [1.807, 2.05) is 37.3 Å². The molecule has 26 heavy (non-hydrogen) atoms. The number of nitrogens with zero attached hydrogens (tertiary/aromatic N) is 1. The lowest BCUT2D eigenvalue weighted by Crippen LogP contribution is -2.30. The number of nitrogens with two attached hydrogens (primary N) is 1. The molecule has 0 radical (unpaired) electrons. The smallest absolute Gasteiger partial charge is 0.312 e. The van der Waals surface area contributed by atoms with Gasteiger partial charge in [-0.3, -0.25) is 4.79 Å². The first-order chi connectivity index (χ1) is 12.5. The number of carbonyl (C=O) groups excluding carboxylic acids is 2. The molecular formula is C20H21N3O3. The van der Waals surface area contributed by atoms with Crippen LogP contribution in [-0.2, 0) is 6.54 Å². The van der Waals surface area contributed by atoms with Crippen LogP contribution in [-0.4, -0.2) is 23.9 Å². The third-order valence-electron chi connectivity index (χ3n) is 4.43. The van der Waals surface area contributed by atoms with Crippen LogP contribution in [0.4, 0.5) is 4.79 Å². The second-order valence-electron chi connectivity index (χ2n) is 6.19. The highest BCUT2D eigenvalue weighted by Crippen LogP contribution is 2.27. The minimum Gasteiger partial charge on any atom is -0.459 e. The summed E-state index contributed by atoms with van der Waals surface area (Å²) in [6.45, 7) is 2.26. The zero-order valence-corrected chi connectivity index (χ0v) is 14.7. The summed E-state index contributed by atoms with van der Waals surface area (Å²) in [5, 5.41) is 3.53. The average molecular weight is 351 g/mol. The zero-order chi connectivity index (χ0) is 18.7. The van der Waals surface area contributed by atoms with Gasteiger partial charge in [0.1, 0.15) is 11.3 Å². The van der Waals surface area contributed by atoms with Crippen molar-refractivity contribution in [3.63, 3.8) is 0 Å². The second-order valence-corrected chi connectivity index (χ2v) is 6.19. The van der Waals surface area contributed by atoms with E-state index in [0.717, 1.165) is 22.3 Å². The Kier molecular flexibility index (Phi) is 4.93. The predicted octanol–water partition coefficient (Wildman–Crippen LogP) is 3.43. The first-order valence-corrected chi connectivity index (χ1v) is 8.33. The number of urea groups is 1. The molecule has 0 bridgehead atoms. The van der Waals surface area contributed by atoms with Gasteiger partial charge in [-0.2, -0.15) is 0 Å². The minimum atomic E-state index is -0.579. The molecule has 0 saturated carbocycles. The number of amides is 3. The van der Waals surface area contributed by atoms with E-state index in [9.17, 15) is 9.59 Å². The molecule has 0 saturated heterocycles. The summed E-state index contributed by atoms with van der Waals surface area (Å²) in [4.78, 5) is 25.1. The van der Waals surface area contributed by atoms with Crippen molar-refractivity contribution < 1.29 is 14.0 Å². The van der Waals surface area contributed by atoms with Crippen LogP contribution in [0.15, 0.2) is 59.0 Å². The highest BCUT2D eigenvalue weighted by molar-refractivity contribution is 5.94. The highest BCUT2D eigenvalue weighted by atomic mass is 16.3. The number of para-hydroxylation sites is 1. The van der Waals surface area contributed by atoms with Gasteiger partial charge in [0.05, 0.1) is 6.04 Å². The molecule has 134 valence electrons. The number of primary amides is 1. The van der Waals surface area contributed by atoms with Crippen molar-refractivity contribution in [3.05, 3.63) is 71.5 Å². The summed E-state index contributed by atoms with van der Waals surface area (Å²) in [6.07, 6.45) is 0. The van der Waals surface area contributed by atoms with E-state index in [4.69, 9.17) is 10.2 Å². The summed E-state index contributed by atoms with van der Waals surface area (Å²) in [5.41, 5.74) is 7.30. The lowest BCUT2D eigenvalue weighted by Gasteiger charge is -2.23. The van der Waals surface area contributed by atoms with Crippen molar-refractivity contribution in [2.75, 3.05) is 7.05 Å². The molecule has 6 heteroatoms. The zero-order valence-electron chi connectivity index (χ0n) is 14.7. The molecule has 3 aromatic rings. The SMILES string of the molecule is CC(c1cc2ccccc2o1)N(C)C(=O)c1ccc(CNC(N)=O)cc1. The van der Waals surface area contributed by atoms with Crippen molar-refractivity contribution in [1.29, 1.82) is 0 Å². The lowest BCUT2D eigenvalue weighted by atomic mass is 10.1. The van der Waals surface area contributed by atoms with E-state index < -0.39 is 6.03 Å². The normalized spacial score (nSPS) is 11.9. The van der Waals surface area contributed by atoms with Gasteiger partial charge in [-0.25, -0.2) is 4.79 Å². The Labute approximate surface area is 151 Å². The van der Waals surface area contributed by atoms with Crippen molar-refractivity contribution >= 4 is 22.9 Å². The quantitative estimate of drug-likeness (QED) is 0.738. The maximum Gasteiger partial charge on any atom is 0.312 e. The summed E-state index contributed by atoms with van der Waals surface area (Å²) in [5.74, 6) is 0.636. The summed E-state index contributed by atoms with van der Waals surface area (Å²) in [6, 6.07) is 16.0. The predicted molar refractivity (Wildman–Crippen MR) is 99.6 cm³/mol. The van der Waals surface area contributed by atoms with Crippen molar-refractivity contribution in [2.45, 2.75) is 19.5 Å². The lowest BCUT2D eigenvalue weighted by molar-refractivity contribution is 0.0727. The van der Waals surface area contributed by atoms with E-state index in [0.29, 0.717) is 12.1 Å². The number of carbonyl (C=O) groups is 2. The first-order valence-electron chi connectivity index (χ1n) is 8.33. The molecule has 0 spiro atoms. The highest BCUT2D eigenvalue weighted by Gasteiger charge is 2.21. The Morgan fingerprint density at radius 2 is 1.85 bits per heavy atom. The molecule has 3 amide bonds. The monoisotopic (exact) mass is 351 g/mol. The van der Waals surface area contributed by atoms with Gasteiger partial charge >= 0.3 is 6.03 Å². The Balaban J connectivity index is 1.72. The second kappa shape index (κ2) is 7.31. The van der Waals surface area contributed by atoms with E-state index >= 15 is 0 Å². The van der Waals surface area contributed by atoms with E-state index in [1.54, 1.807) is 36.2 Å². The molecule has 3 N–H and O–H groups in total. The average Bonchev–Trinajstić information content (AvgIpc) is 3.09. The maximum atomic E-state index is 12.7. The van der Waals surface area contributed by atoms with Gasteiger partial charge in [0, 0.05) is 24.5 Å². The van der Waals surface area contributed by atoms with Crippen LogP contribution in [0.3, 0.4) is 0 Å². The van der Waals surface area contributed by atoms with E-state index in [2.05, 4.69) is 5.32 Å². The van der Waals surface area contributed by atoms with Crippen LogP contribution in [0.25, 0.3) is 11.0 Å². The third kappa shape index (κ3) is 3.69. The number of fused-ring (bicyclic) bond motifs is 1. The summed E-state index contributed by atoms with van der Waals surface area (Å²) < 4.78 is 5.86. The van der Waals surface area contributed by atoms with Crippen molar-refractivity contribution in [1.82, 2.24) is 10.2 Å². The molecule has 2 aromatic carbocycles. The van der Waals surface area contributed by atoms with Gasteiger partial charge in [0.15, 0.2) is 0 Å².